The Labute approximate surface area is 353 Å². The SMILES string of the molecule is CN[C@@H](C)C(=O)N[C@@H](CCCCCC[C@H](NC(=O)[C@H](C)NC)C(=O)N1CCC[C@H]1CNC(=O)c1cnccn1)C(=O)N1CCC[C@H]1CCC(=O)c1cnccn1.Cl.Cl. The van der Waals surface area contributed by atoms with Crippen LogP contribution in [0.15, 0.2) is 37.2 Å². The fraction of sp³-hybridized carbons (Fsp3) is 0.641. The second kappa shape index (κ2) is 25.9. The van der Waals surface area contributed by atoms with Gasteiger partial charge in [0.15, 0.2) is 5.78 Å². The molecule has 5 N–H and O–H groups in total. The number of Topliss-reactive ketones (excluding diaryl/α,β-unsaturated/α-hetero) is 1. The van der Waals surface area contributed by atoms with Crippen LogP contribution in [0.5, 0.6) is 0 Å². The van der Waals surface area contributed by atoms with E-state index >= 15 is 0 Å². The number of likely N-dealkylation sites (N-methyl/N-ethyl adjacent to an activating group) is 2. The predicted molar refractivity (Wildman–Crippen MR) is 223 cm³/mol. The number of unbranched alkanes of at least 4 members (excludes halogenated alkanes) is 3. The summed E-state index contributed by atoms with van der Waals surface area (Å²) in [6.07, 6.45) is 16.3. The smallest absolute Gasteiger partial charge is 0.271 e. The number of carbonyl (C=O) groups is 6. The first-order chi connectivity index (χ1) is 27.0. The van der Waals surface area contributed by atoms with Crippen LogP contribution in [0, 0.1) is 0 Å². The lowest BCUT2D eigenvalue weighted by Gasteiger charge is -2.30. The first-order valence-electron chi connectivity index (χ1n) is 19.9. The number of halogens is 2. The fourth-order valence-corrected chi connectivity index (χ4v) is 7.17. The van der Waals surface area contributed by atoms with Crippen LogP contribution >= 0.6 is 24.8 Å². The van der Waals surface area contributed by atoms with Crippen molar-refractivity contribution in [1.29, 1.82) is 0 Å². The van der Waals surface area contributed by atoms with E-state index in [4.69, 9.17) is 0 Å². The van der Waals surface area contributed by atoms with Crippen LogP contribution in [0.3, 0.4) is 0 Å². The first kappa shape index (κ1) is 49.8. The minimum atomic E-state index is -0.737. The van der Waals surface area contributed by atoms with Crippen LogP contribution in [-0.2, 0) is 19.2 Å². The van der Waals surface area contributed by atoms with Crippen LogP contribution in [0.4, 0.5) is 0 Å². The summed E-state index contributed by atoms with van der Waals surface area (Å²) in [5.74, 6) is -1.34. The predicted octanol–water partition coefficient (Wildman–Crippen LogP) is 2.01. The second-order valence-corrected chi connectivity index (χ2v) is 14.6. The zero-order chi connectivity index (χ0) is 40.5. The van der Waals surface area contributed by atoms with Gasteiger partial charge < -0.3 is 36.4 Å². The van der Waals surface area contributed by atoms with Gasteiger partial charge in [0.2, 0.25) is 23.6 Å². The highest BCUT2D eigenvalue weighted by molar-refractivity contribution is 5.94. The molecule has 0 spiro atoms. The average molecular weight is 851 g/mol. The topological polar surface area (TPSA) is 221 Å². The average Bonchev–Trinajstić information content (AvgIpc) is 3.91. The normalized spacial score (nSPS) is 18.1. The number of aromatic nitrogens is 4. The zero-order valence-corrected chi connectivity index (χ0v) is 35.6. The van der Waals surface area contributed by atoms with E-state index in [9.17, 15) is 28.8 Å². The first-order valence-corrected chi connectivity index (χ1v) is 19.9. The molecule has 0 radical (unpaired) electrons. The number of hydrogen-bond acceptors (Lipinski definition) is 12. The Morgan fingerprint density at radius 2 is 1.17 bits per heavy atom. The number of amides is 5. The molecule has 4 heterocycles. The Morgan fingerprint density at radius 3 is 1.66 bits per heavy atom. The van der Waals surface area contributed by atoms with E-state index in [1.807, 2.05) is 4.90 Å². The van der Waals surface area contributed by atoms with Crippen molar-refractivity contribution in [3.8, 4) is 0 Å². The molecule has 2 fully saturated rings. The van der Waals surface area contributed by atoms with Crippen molar-refractivity contribution in [2.75, 3.05) is 33.7 Å². The molecule has 2 aromatic rings. The van der Waals surface area contributed by atoms with Gasteiger partial charge in [-0.3, -0.25) is 38.7 Å². The maximum absolute atomic E-state index is 14.0. The lowest BCUT2D eigenvalue weighted by atomic mass is 10.0. The summed E-state index contributed by atoms with van der Waals surface area (Å²) < 4.78 is 0. The highest BCUT2D eigenvalue weighted by Gasteiger charge is 2.36. The van der Waals surface area contributed by atoms with Crippen molar-refractivity contribution in [2.24, 2.45) is 0 Å². The van der Waals surface area contributed by atoms with E-state index < -0.39 is 24.2 Å². The molecule has 2 saturated heterocycles. The summed E-state index contributed by atoms with van der Waals surface area (Å²) in [5.41, 5.74) is 0.504. The van der Waals surface area contributed by atoms with Gasteiger partial charge in [-0.2, -0.15) is 0 Å². The van der Waals surface area contributed by atoms with Gasteiger partial charge >= 0.3 is 0 Å². The maximum Gasteiger partial charge on any atom is 0.271 e. The van der Waals surface area contributed by atoms with Crippen LogP contribution in [0.25, 0.3) is 0 Å². The monoisotopic (exact) mass is 849 g/mol. The summed E-state index contributed by atoms with van der Waals surface area (Å²) in [7, 11) is 3.37. The Kier molecular flexibility index (Phi) is 22.3. The van der Waals surface area contributed by atoms with Gasteiger partial charge in [-0.15, -0.1) is 24.8 Å². The maximum atomic E-state index is 14.0. The van der Waals surface area contributed by atoms with Crippen molar-refractivity contribution in [1.82, 2.24) is 56.3 Å². The van der Waals surface area contributed by atoms with Gasteiger partial charge in [0.05, 0.1) is 24.5 Å². The van der Waals surface area contributed by atoms with Crippen LogP contribution in [-0.4, -0.2) is 135 Å². The highest BCUT2D eigenvalue weighted by atomic mass is 35.5. The summed E-state index contributed by atoms with van der Waals surface area (Å²) in [6.45, 7) is 4.83. The summed E-state index contributed by atoms with van der Waals surface area (Å²) in [4.78, 5) is 98.7. The van der Waals surface area contributed by atoms with E-state index in [1.54, 1.807) is 32.8 Å². The van der Waals surface area contributed by atoms with Gasteiger partial charge in [0, 0.05) is 62.9 Å². The largest absolute Gasteiger partial charge is 0.349 e. The van der Waals surface area contributed by atoms with E-state index in [0.717, 1.165) is 38.5 Å². The molecule has 4 rings (SSSR count). The number of hydrogen-bond donors (Lipinski definition) is 5. The lowest BCUT2D eigenvalue weighted by molar-refractivity contribution is -0.138. The minimum absolute atomic E-state index is 0. The third-order valence-electron chi connectivity index (χ3n) is 10.8. The molecule has 0 aliphatic carbocycles. The van der Waals surface area contributed by atoms with E-state index in [1.165, 1.54) is 37.2 Å². The number of nitrogens with one attached hydrogen (secondary N) is 5. The van der Waals surface area contributed by atoms with Crippen LogP contribution in [0.1, 0.15) is 112 Å². The van der Waals surface area contributed by atoms with Gasteiger partial charge in [-0.05, 0) is 72.9 Å². The quantitative estimate of drug-likeness (QED) is 0.0849. The molecule has 2 aliphatic rings. The van der Waals surface area contributed by atoms with Crippen molar-refractivity contribution < 1.29 is 28.8 Å². The number of ketones is 1. The number of rotatable bonds is 22. The summed E-state index contributed by atoms with van der Waals surface area (Å²) in [6, 6.07) is -2.75. The Hall–Kier alpha value is -4.32. The van der Waals surface area contributed by atoms with Gasteiger partial charge in [0.1, 0.15) is 23.5 Å². The molecule has 322 valence electrons. The standard InChI is InChI=1S/C39H59N11O6.2ClH/c1-26(40-3)35(52)47-30(38(55)49-21-9-11-28(49)15-16-34(51)32-24-42-17-19-44-32)13-7-5-6-8-14-31(48-36(53)27(2)41-4)39(56)50-22-10-12-29(50)23-46-37(54)33-25-43-18-20-45-33;;/h17-20,24-31,40-41H,5-16,21-23H2,1-4H3,(H,46,54)(H,47,52)(H,48,53);2*1H/t26-,27-,28-,29-,30-,31-;;/m0../s1. The van der Waals surface area contributed by atoms with E-state index in [2.05, 4.69) is 46.5 Å². The Bertz CT molecular complexity index is 1500. The number of carbonyl (C=O) groups excluding carboxylic acids is 6. The molecule has 0 bridgehead atoms. The fourth-order valence-electron chi connectivity index (χ4n) is 7.17. The molecule has 2 aromatic heterocycles. The summed E-state index contributed by atoms with van der Waals surface area (Å²) in [5, 5.41) is 14.6. The molecule has 0 saturated carbocycles. The third kappa shape index (κ3) is 14.8. The van der Waals surface area contributed by atoms with Gasteiger partial charge in [-0.25, -0.2) is 9.97 Å². The molecular weight excluding hydrogens is 789 g/mol. The number of nitrogens with zero attached hydrogens (tertiary/aromatic N) is 6. The molecule has 6 atom stereocenters. The van der Waals surface area contributed by atoms with E-state index in [-0.39, 0.29) is 90.9 Å². The molecule has 19 heteroatoms. The molecule has 5 amide bonds. The van der Waals surface area contributed by atoms with E-state index in [0.29, 0.717) is 50.9 Å². The zero-order valence-electron chi connectivity index (χ0n) is 34.0. The Balaban J connectivity index is 0.00000580. The van der Waals surface area contributed by atoms with Crippen LogP contribution < -0.4 is 26.6 Å². The number of likely N-dealkylation sites (tertiary alicyclic amines) is 2. The van der Waals surface area contributed by atoms with Crippen LogP contribution in [0.2, 0.25) is 0 Å². The van der Waals surface area contributed by atoms with Gasteiger partial charge in [-0.1, -0.05) is 25.7 Å². The molecule has 0 aromatic carbocycles. The highest BCUT2D eigenvalue weighted by Crippen LogP contribution is 2.25. The van der Waals surface area contributed by atoms with Crippen molar-refractivity contribution >= 4 is 60.1 Å². The molecular formula is C39H61Cl2N11O6. The second-order valence-electron chi connectivity index (χ2n) is 14.6. The minimum Gasteiger partial charge on any atom is -0.349 e. The third-order valence-corrected chi connectivity index (χ3v) is 10.8. The molecule has 2 aliphatic heterocycles. The molecule has 17 nitrogen and oxygen atoms in total. The Morgan fingerprint density at radius 1 is 0.690 bits per heavy atom. The van der Waals surface area contributed by atoms with Crippen molar-refractivity contribution in [3.63, 3.8) is 0 Å². The van der Waals surface area contributed by atoms with Gasteiger partial charge in [0.25, 0.3) is 5.91 Å². The lowest BCUT2D eigenvalue weighted by Crippen LogP contribution is -2.54. The van der Waals surface area contributed by atoms with Crippen molar-refractivity contribution in [3.05, 3.63) is 48.6 Å². The molecule has 0 unspecified atom stereocenters. The van der Waals surface area contributed by atoms with Crippen molar-refractivity contribution in [2.45, 2.75) is 127 Å². The molecule has 58 heavy (non-hydrogen) atoms. The summed E-state index contributed by atoms with van der Waals surface area (Å²) >= 11 is 0.